The fraction of sp³-hybridized carbons (Fsp3) is 0.824. The first-order chi connectivity index (χ1) is 9.31. The summed E-state index contributed by atoms with van der Waals surface area (Å²) in [6.45, 7) is 11.5. The molecule has 3 nitrogen and oxygen atoms in total. The van der Waals surface area contributed by atoms with Gasteiger partial charge in [0.1, 0.15) is 0 Å². The summed E-state index contributed by atoms with van der Waals surface area (Å²) >= 11 is 0. The Morgan fingerprint density at radius 3 is 2.30 bits per heavy atom. The standard InChI is InChI=1S/C17H29NO2/c1-6-20-16(19)9-15-12-7-14(17(2,3)4)8-13(15)11-18(5)10-12/h9,12-14H,6-8,10-11H2,1-5H3. The summed E-state index contributed by atoms with van der Waals surface area (Å²) in [5, 5.41) is 0. The van der Waals surface area contributed by atoms with Gasteiger partial charge in [0.15, 0.2) is 0 Å². The van der Waals surface area contributed by atoms with Gasteiger partial charge >= 0.3 is 5.97 Å². The average Bonchev–Trinajstić information content (AvgIpc) is 2.28. The zero-order chi connectivity index (χ0) is 14.9. The van der Waals surface area contributed by atoms with Crippen LogP contribution in [0.25, 0.3) is 0 Å². The SMILES string of the molecule is CCOC(=O)C=C1C2CC(C(C)(C)C)CC1CN(C)C2. The monoisotopic (exact) mass is 279 g/mol. The Morgan fingerprint density at radius 1 is 1.30 bits per heavy atom. The Kier molecular flexibility index (Phi) is 4.58. The lowest BCUT2D eigenvalue weighted by molar-refractivity contribution is -0.137. The molecule has 2 fully saturated rings. The van der Waals surface area contributed by atoms with Crippen molar-refractivity contribution in [3.63, 3.8) is 0 Å². The van der Waals surface area contributed by atoms with Crippen molar-refractivity contribution in [2.24, 2.45) is 23.2 Å². The van der Waals surface area contributed by atoms with Gasteiger partial charge < -0.3 is 9.64 Å². The van der Waals surface area contributed by atoms with Gasteiger partial charge in [-0.3, -0.25) is 0 Å². The van der Waals surface area contributed by atoms with E-state index in [4.69, 9.17) is 4.74 Å². The normalized spacial score (nSPS) is 31.1. The fourth-order valence-corrected chi connectivity index (χ4v) is 3.84. The lowest BCUT2D eigenvalue weighted by Crippen LogP contribution is -2.46. The molecule has 0 N–H and O–H groups in total. The van der Waals surface area contributed by atoms with E-state index >= 15 is 0 Å². The smallest absolute Gasteiger partial charge is 0.330 e. The van der Waals surface area contributed by atoms with E-state index < -0.39 is 0 Å². The van der Waals surface area contributed by atoms with Crippen LogP contribution in [0.3, 0.4) is 0 Å². The summed E-state index contributed by atoms with van der Waals surface area (Å²) in [4.78, 5) is 14.2. The Hall–Kier alpha value is -0.830. The van der Waals surface area contributed by atoms with E-state index in [0.29, 0.717) is 23.9 Å². The van der Waals surface area contributed by atoms with Crippen molar-refractivity contribution in [2.75, 3.05) is 26.7 Å². The van der Waals surface area contributed by atoms with Crippen molar-refractivity contribution in [3.05, 3.63) is 11.6 Å². The van der Waals surface area contributed by atoms with E-state index in [1.54, 1.807) is 6.08 Å². The number of likely N-dealkylation sites (tertiary alicyclic amines) is 1. The van der Waals surface area contributed by atoms with Gasteiger partial charge in [0.2, 0.25) is 0 Å². The third kappa shape index (κ3) is 3.43. The number of fused-ring (bicyclic) bond motifs is 2. The molecular formula is C17H29NO2. The first kappa shape index (κ1) is 15.6. The third-order valence-corrected chi connectivity index (χ3v) is 4.94. The van der Waals surface area contributed by atoms with Gasteiger partial charge in [0, 0.05) is 19.2 Å². The van der Waals surface area contributed by atoms with E-state index in [1.165, 1.54) is 18.4 Å². The molecule has 2 aliphatic rings. The van der Waals surface area contributed by atoms with Crippen LogP contribution in [-0.2, 0) is 9.53 Å². The molecule has 0 spiro atoms. The van der Waals surface area contributed by atoms with Crippen LogP contribution in [0.5, 0.6) is 0 Å². The van der Waals surface area contributed by atoms with E-state index in [2.05, 4.69) is 32.7 Å². The quantitative estimate of drug-likeness (QED) is 0.574. The van der Waals surface area contributed by atoms with Crippen LogP contribution in [0.15, 0.2) is 11.6 Å². The largest absolute Gasteiger partial charge is 0.463 e. The second-order valence-corrected chi connectivity index (χ2v) is 7.55. The molecule has 20 heavy (non-hydrogen) atoms. The molecule has 1 saturated carbocycles. The second kappa shape index (κ2) is 5.88. The minimum Gasteiger partial charge on any atom is -0.463 e. The molecule has 0 aromatic carbocycles. The minimum absolute atomic E-state index is 0.156. The van der Waals surface area contributed by atoms with Gasteiger partial charge in [-0.1, -0.05) is 26.3 Å². The summed E-state index contributed by atoms with van der Waals surface area (Å²) in [5.41, 5.74) is 1.71. The lowest BCUT2D eigenvalue weighted by Gasteiger charge is -2.48. The molecular weight excluding hydrogens is 250 g/mol. The number of carbonyl (C=O) groups is 1. The molecule has 1 aliphatic heterocycles. The highest BCUT2D eigenvalue weighted by atomic mass is 16.5. The van der Waals surface area contributed by atoms with Gasteiger partial charge in [0.25, 0.3) is 0 Å². The number of nitrogens with zero attached hydrogens (tertiary/aromatic N) is 1. The minimum atomic E-state index is -0.156. The molecule has 1 saturated heterocycles. The van der Waals surface area contributed by atoms with E-state index in [0.717, 1.165) is 19.0 Å². The fourth-order valence-electron chi connectivity index (χ4n) is 3.84. The van der Waals surface area contributed by atoms with Crippen LogP contribution in [0.4, 0.5) is 0 Å². The number of hydrogen-bond acceptors (Lipinski definition) is 3. The first-order valence-electron chi connectivity index (χ1n) is 7.88. The van der Waals surface area contributed by atoms with Gasteiger partial charge in [-0.25, -0.2) is 4.79 Å². The lowest BCUT2D eigenvalue weighted by atomic mass is 9.62. The number of hydrogen-bond donors (Lipinski definition) is 0. The molecule has 0 aromatic rings. The van der Waals surface area contributed by atoms with Gasteiger partial charge in [-0.2, -0.15) is 0 Å². The molecule has 2 unspecified atom stereocenters. The van der Waals surface area contributed by atoms with E-state index in [1.807, 2.05) is 6.92 Å². The topological polar surface area (TPSA) is 29.5 Å². The number of carbonyl (C=O) groups excluding carboxylic acids is 1. The Morgan fingerprint density at radius 2 is 1.85 bits per heavy atom. The van der Waals surface area contributed by atoms with Gasteiger partial charge in [0.05, 0.1) is 6.61 Å². The second-order valence-electron chi connectivity index (χ2n) is 7.55. The summed E-state index contributed by atoms with van der Waals surface area (Å²) in [7, 11) is 2.19. The number of piperidine rings is 1. The number of ether oxygens (including phenoxy) is 1. The highest BCUT2D eigenvalue weighted by Crippen LogP contribution is 2.47. The molecule has 0 radical (unpaired) electrons. The maximum absolute atomic E-state index is 11.8. The number of rotatable bonds is 2. The van der Waals surface area contributed by atoms with Crippen LogP contribution >= 0.6 is 0 Å². The van der Waals surface area contributed by atoms with E-state index in [9.17, 15) is 4.79 Å². The molecule has 0 aromatic heterocycles. The predicted octanol–water partition coefficient (Wildman–Crippen LogP) is 3.11. The predicted molar refractivity (Wildman–Crippen MR) is 81.4 cm³/mol. The van der Waals surface area contributed by atoms with Crippen LogP contribution < -0.4 is 0 Å². The van der Waals surface area contributed by atoms with Crippen molar-refractivity contribution in [1.29, 1.82) is 0 Å². The average molecular weight is 279 g/mol. The highest BCUT2D eigenvalue weighted by molar-refractivity contribution is 5.83. The Labute approximate surface area is 123 Å². The van der Waals surface area contributed by atoms with Crippen molar-refractivity contribution < 1.29 is 9.53 Å². The Balaban J connectivity index is 2.18. The molecule has 3 heteroatoms. The molecule has 2 atom stereocenters. The summed E-state index contributed by atoms with van der Waals surface area (Å²) in [6.07, 6.45) is 4.20. The Bertz CT molecular complexity index is 376. The van der Waals surface area contributed by atoms with Crippen LogP contribution in [0, 0.1) is 23.2 Å². The molecule has 1 aliphatic carbocycles. The third-order valence-electron chi connectivity index (χ3n) is 4.94. The van der Waals surface area contributed by atoms with Crippen molar-refractivity contribution in [3.8, 4) is 0 Å². The van der Waals surface area contributed by atoms with Crippen LogP contribution in [0.1, 0.15) is 40.5 Å². The molecule has 1 heterocycles. The summed E-state index contributed by atoms with van der Waals surface area (Å²) in [6, 6.07) is 0. The first-order valence-corrected chi connectivity index (χ1v) is 7.88. The van der Waals surface area contributed by atoms with Gasteiger partial charge in [-0.05, 0) is 50.0 Å². The van der Waals surface area contributed by atoms with E-state index in [-0.39, 0.29) is 5.97 Å². The molecule has 114 valence electrons. The zero-order valence-electron chi connectivity index (χ0n) is 13.6. The van der Waals surface area contributed by atoms with Crippen LogP contribution in [-0.4, -0.2) is 37.6 Å². The summed E-state index contributed by atoms with van der Waals surface area (Å²) < 4.78 is 5.10. The maximum Gasteiger partial charge on any atom is 0.330 e. The molecule has 2 rings (SSSR count). The van der Waals surface area contributed by atoms with Crippen molar-refractivity contribution in [2.45, 2.75) is 40.5 Å². The van der Waals surface area contributed by atoms with Crippen LogP contribution in [0.2, 0.25) is 0 Å². The zero-order valence-corrected chi connectivity index (χ0v) is 13.6. The highest BCUT2D eigenvalue weighted by Gasteiger charge is 2.41. The molecule has 0 amide bonds. The molecule has 2 bridgehead atoms. The maximum atomic E-state index is 11.8. The van der Waals surface area contributed by atoms with Crippen molar-refractivity contribution in [1.82, 2.24) is 4.90 Å². The number of esters is 1. The van der Waals surface area contributed by atoms with Gasteiger partial charge in [-0.15, -0.1) is 0 Å². The van der Waals surface area contributed by atoms with Crippen molar-refractivity contribution >= 4 is 5.97 Å². The summed E-state index contributed by atoms with van der Waals surface area (Å²) in [5.74, 6) is 1.66.